The molecule has 1 saturated heterocycles. The first kappa shape index (κ1) is 12.6. The Hall–Kier alpha value is -1.84. The van der Waals surface area contributed by atoms with E-state index in [1.165, 1.54) is 0 Å². The maximum absolute atomic E-state index is 12.1. The summed E-state index contributed by atoms with van der Waals surface area (Å²) in [6, 6.07) is 9.69. The predicted octanol–water partition coefficient (Wildman–Crippen LogP) is 0.824. The summed E-state index contributed by atoms with van der Waals surface area (Å²) in [6.07, 6.45) is 1.18. The topological polar surface area (TPSA) is 49.4 Å². The van der Waals surface area contributed by atoms with Gasteiger partial charge in [0.1, 0.15) is 0 Å². The van der Waals surface area contributed by atoms with E-state index in [0.29, 0.717) is 19.5 Å². The molecule has 2 rings (SSSR count). The van der Waals surface area contributed by atoms with Gasteiger partial charge >= 0.3 is 0 Å². The molecule has 1 fully saturated rings. The first-order valence-corrected chi connectivity index (χ1v) is 6.24. The Labute approximate surface area is 107 Å². The number of likely N-dealkylation sites (tertiary alicyclic amines) is 1. The minimum atomic E-state index is -0.0466. The van der Waals surface area contributed by atoms with Crippen molar-refractivity contribution in [2.75, 3.05) is 20.1 Å². The van der Waals surface area contributed by atoms with E-state index in [9.17, 15) is 9.59 Å². The summed E-state index contributed by atoms with van der Waals surface area (Å²) in [5.74, 6) is 0.0901. The predicted molar refractivity (Wildman–Crippen MR) is 68.9 cm³/mol. The van der Waals surface area contributed by atoms with Crippen LogP contribution in [0.15, 0.2) is 30.3 Å². The van der Waals surface area contributed by atoms with Gasteiger partial charge in [0.25, 0.3) is 0 Å². The summed E-state index contributed by atoms with van der Waals surface area (Å²) in [4.78, 5) is 25.3. The molecule has 1 atom stereocenters. The molecule has 0 aliphatic carbocycles. The Kier molecular flexibility index (Phi) is 3.97. The number of hydrogen-bond donors (Lipinski definition) is 1. The smallest absolute Gasteiger partial charge is 0.227 e. The highest BCUT2D eigenvalue weighted by Crippen LogP contribution is 2.17. The van der Waals surface area contributed by atoms with Gasteiger partial charge in [0.15, 0.2) is 0 Å². The molecule has 1 aromatic carbocycles. The zero-order valence-corrected chi connectivity index (χ0v) is 10.6. The largest absolute Gasteiger partial charge is 0.359 e. The lowest BCUT2D eigenvalue weighted by atomic mass is 10.1. The number of carbonyl (C=O) groups excluding carboxylic acids is 2. The lowest BCUT2D eigenvalue weighted by Crippen LogP contribution is -2.33. The van der Waals surface area contributed by atoms with Gasteiger partial charge in [-0.15, -0.1) is 0 Å². The molecular formula is C14H18N2O2. The van der Waals surface area contributed by atoms with Crippen LogP contribution in [0, 0.1) is 5.92 Å². The fourth-order valence-corrected chi connectivity index (χ4v) is 2.29. The average molecular weight is 246 g/mol. The van der Waals surface area contributed by atoms with Crippen LogP contribution >= 0.6 is 0 Å². The van der Waals surface area contributed by atoms with Gasteiger partial charge in [-0.2, -0.15) is 0 Å². The summed E-state index contributed by atoms with van der Waals surface area (Å²) in [5.41, 5.74) is 1.02. The summed E-state index contributed by atoms with van der Waals surface area (Å²) in [7, 11) is 1.64. The van der Waals surface area contributed by atoms with Crippen LogP contribution in [0.5, 0.6) is 0 Å². The fraction of sp³-hybridized carbons (Fsp3) is 0.429. The molecule has 4 heteroatoms. The Morgan fingerprint density at radius 3 is 2.72 bits per heavy atom. The number of amides is 2. The third kappa shape index (κ3) is 2.88. The molecule has 0 unspecified atom stereocenters. The number of benzene rings is 1. The van der Waals surface area contributed by atoms with Crippen molar-refractivity contribution in [1.29, 1.82) is 0 Å². The molecule has 0 aromatic heterocycles. The molecule has 4 nitrogen and oxygen atoms in total. The summed E-state index contributed by atoms with van der Waals surface area (Å²) in [6.45, 7) is 1.23. The Morgan fingerprint density at radius 1 is 1.33 bits per heavy atom. The molecule has 1 heterocycles. The van der Waals surface area contributed by atoms with Crippen molar-refractivity contribution >= 4 is 11.8 Å². The quantitative estimate of drug-likeness (QED) is 0.858. The van der Waals surface area contributed by atoms with E-state index < -0.39 is 0 Å². The van der Waals surface area contributed by atoms with Gasteiger partial charge in [-0.3, -0.25) is 9.59 Å². The maximum Gasteiger partial charge on any atom is 0.227 e. The summed E-state index contributed by atoms with van der Waals surface area (Å²) >= 11 is 0. The highest BCUT2D eigenvalue weighted by atomic mass is 16.2. The Balaban J connectivity index is 1.90. The maximum atomic E-state index is 12.1. The normalized spacial score (nSPS) is 18.7. The number of carbonyl (C=O) groups is 2. The number of nitrogens with one attached hydrogen (secondary N) is 1. The molecule has 18 heavy (non-hydrogen) atoms. The first-order valence-electron chi connectivity index (χ1n) is 6.24. The van der Waals surface area contributed by atoms with Gasteiger partial charge in [0.2, 0.25) is 11.8 Å². The second-order valence-electron chi connectivity index (χ2n) is 4.60. The van der Waals surface area contributed by atoms with Crippen LogP contribution < -0.4 is 5.32 Å². The van der Waals surface area contributed by atoms with Crippen molar-refractivity contribution in [2.24, 2.45) is 5.92 Å². The molecule has 2 amide bonds. The Bertz CT molecular complexity index is 431. The van der Waals surface area contributed by atoms with Crippen LogP contribution in [0.2, 0.25) is 0 Å². The van der Waals surface area contributed by atoms with Crippen molar-refractivity contribution in [2.45, 2.75) is 12.8 Å². The fourth-order valence-electron chi connectivity index (χ4n) is 2.29. The van der Waals surface area contributed by atoms with Crippen LogP contribution in [0.1, 0.15) is 12.0 Å². The molecule has 96 valence electrons. The second-order valence-corrected chi connectivity index (χ2v) is 4.60. The lowest BCUT2D eigenvalue weighted by molar-refractivity contribution is -0.130. The van der Waals surface area contributed by atoms with Gasteiger partial charge in [-0.05, 0) is 12.0 Å². The van der Waals surface area contributed by atoms with Gasteiger partial charge in [0.05, 0.1) is 12.3 Å². The van der Waals surface area contributed by atoms with Gasteiger partial charge < -0.3 is 10.2 Å². The third-order valence-electron chi connectivity index (χ3n) is 3.36. The molecule has 1 aliphatic rings. The highest BCUT2D eigenvalue weighted by molar-refractivity contribution is 5.82. The van der Waals surface area contributed by atoms with Crippen LogP contribution in [-0.2, 0) is 16.0 Å². The number of nitrogens with zero attached hydrogens (tertiary/aromatic N) is 1. The molecule has 1 N–H and O–H groups in total. The van der Waals surface area contributed by atoms with E-state index in [0.717, 1.165) is 12.0 Å². The molecular weight excluding hydrogens is 228 g/mol. The van der Waals surface area contributed by atoms with E-state index >= 15 is 0 Å². The monoisotopic (exact) mass is 246 g/mol. The minimum Gasteiger partial charge on any atom is -0.359 e. The van der Waals surface area contributed by atoms with Crippen LogP contribution in [0.4, 0.5) is 0 Å². The van der Waals surface area contributed by atoms with E-state index in [-0.39, 0.29) is 17.7 Å². The van der Waals surface area contributed by atoms with Crippen LogP contribution in [0.3, 0.4) is 0 Å². The zero-order chi connectivity index (χ0) is 13.0. The van der Waals surface area contributed by atoms with Crippen LogP contribution in [-0.4, -0.2) is 36.9 Å². The van der Waals surface area contributed by atoms with Gasteiger partial charge in [-0.1, -0.05) is 30.3 Å². The van der Waals surface area contributed by atoms with E-state index in [1.807, 2.05) is 30.3 Å². The molecule has 1 aliphatic heterocycles. The third-order valence-corrected chi connectivity index (χ3v) is 3.36. The summed E-state index contributed by atoms with van der Waals surface area (Å²) < 4.78 is 0. The number of rotatable bonds is 3. The van der Waals surface area contributed by atoms with Crippen molar-refractivity contribution in [3.63, 3.8) is 0 Å². The first-order chi connectivity index (χ1) is 8.70. The standard InChI is InChI=1S/C14H18N2O2/c1-15-14(18)12-7-8-16(10-12)13(17)9-11-5-3-2-4-6-11/h2-6,12H,7-10H2,1H3,(H,15,18)/t12-/m0/s1. The number of hydrogen-bond acceptors (Lipinski definition) is 2. The van der Waals surface area contributed by atoms with E-state index in [2.05, 4.69) is 5.32 Å². The van der Waals surface area contributed by atoms with Crippen molar-refractivity contribution in [3.8, 4) is 0 Å². The van der Waals surface area contributed by atoms with Gasteiger partial charge in [-0.25, -0.2) is 0 Å². The molecule has 0 bridgehead atoms. The molecule has 1 aromatic rings. The minimum absolute atomic E-state index is 0.0324. The van der Waals surface area contributed by atoms with E-state index in [4.69, 9.17) is 0 Å². The van der Waals surface area contributed by atoms with Crippen molar-refractivity contribution < 1.29 is 9.59 Å². The molecule has 0 radical (unpaired) electrons. The lowest BCUT2D eigenvalue weighted by Gasteiger charge is -2.16. The van der Waals surface area contributed by atoms with Crippen molar-refractivity contribution in [1.82, 2.24) is 10.2 Å². The summed E-state index contributed by atoms with van der Waals surface area (Å²) in [5, 5.41) is 2.64. The Morgan fingerprint density at radius 2 is 2.06 bits per heavy atom. The van der Waals surface area contributed by atoms with Gasteiger partial charge in [0, 0.05) is 20.1 Å². The van der Waals surface area contributed by atoms with E-state index in [1.54, 1.807) is 11.9 Å². The second kappa shape index (κ2) is 5.67. The zero-order valence-electron chi connectivity index (χ0n) is 10.6. The molecule has 0 saturated carbocycles. The van der Waals surface area contributed by atoms with Crippen LogP contribution in [0.25, 0.3) is 0 Å². The highest BCUT2D eigenvalue weighted by Gasteiger charge is 2.30. The van der Waals surface area contributed by atoms with Crippen molar-refractivity contribution in [3.05, 3.63) is 35.9 Å². The SMILES string of the molecule is CNC(=O)[C@H]1CCN(C(=O)Cc2ccccc2)C1. The average Bonchev–Trinajstić information content (AvgIpc) is 2.88. The molecule has 0 spiro atoms.